The van der Waals surface area contributed by atoms with E-state index in [-0.39, 0.29) is 0 Å². The molecule has 0 aliphatic heterocycles. The van der Waals surface area contributed by atoms with Gasteiger partial charge in [0.1, 0.15) is 7.11 Å². The van der Waals surface area contributed by atoms with Crippen LogP contribution in [0, 0.1) is 0 Å². The van der Waals surface area contributed by atoms with E-state index < -0.39 is 20.9 Å². The molecule has 0 heterocycles. The maximum atomic E-state index is 10.8. The van der Waals surface area contributed by atoms with E-state index in [1.54, 1.807) is 0 Å². The van der Waals surface area contributed by atoms with E-state index in [4.69, 9.17) is 0 Å². The maximum Gasteiger partial charge on any atom is 0.372 e. The van der Waals surface area contributed by atoms with Gasteiger partial charge in [0.25, 0.3) is 5.04 Å². The summed E-state index contributed by atoms with van der Waals surface area (Å²) in [6.45, 7) is 0. The highest BCUT2D eigenvalue weighted by Crippen LogP contribution is 1.93. The Balaban J connectivity index is 4.96. The van der Waals surface area contributed by atoms with Crippen molar-refractivity contribution in [2.75, 3.05) is 20.5 Å². The zero-order valence-corrected chi connectivity index (χ0v) is 7.71. The summed E-state index contributed by atoms with van der Waals surface area (Å²) >= 11 is 0. The Labute approximate surface area is 70.1 Å². The molecule has 0 radical (unpaired) electrons. The summed E-state index contributed by atoms with van der Waals surface area (Å²) in [5.41, 5.74) is 0. The highest BCUT2D eigenvalue weighted by atomic mass is 32.2. The summed E-state index contributed by atoms with van der Waals surface area (Å²) in [5, 5.41) is 2.28. The van der Waals surface area contributed by atoms with E-state index in [0.717, 1.165) is 20.5 Å². The second-order valence-corrected chi connectivity index (χ2v) is 3.77. The minimum atomic E-state index is -3.69. The standard InChI is InChI=1S/C5H9NO5S/c1-10-5(7)4(6-11-2)12(3,8)9/h1-3H3. The van der Waals surface area contributed by atoms with Crippen molar-refractivity contribution in [2.45, 2.75) is 0 Å². The lowest BCUT2D eigenvalue weighted by molar-refractivity contribution is -0.132. The third-order valence-corrected chi connectivity index (χ3v) is 1.83. The molecule has 0 atom stereocenters. The summed E-state index contributed by atoms with van der Waals surface area (Å²) in [5.74, 6) is -1.04. The van der Waals surface area contributed by atoms with Crippen LogP contribution in [-0.2, 0) is 24.2 Å². The van der Waals surface area contributed by atoms with Crippen LogP contribution < -0.4 is 0 Å². The van der Waals surface area contributed by atoms with Gasteiger partial charge in [-0.05, 0) is 0 Å². The normalized spacial score (nSPS) is 12.4. The molecule has 0 bridgehead atoms. The second kappa shape index (κ2) is 4.05. The smallest absolute Gasteiger partial charge is 0.372 e. The van der Waals surface area contributed by atoms with Crippen LogP contribution >= 0.6 is 0 Å². The predicted octanol–water partition coefficient (Wildman–Crippen LogP) is -0.836. The molecule has 6 nitrogen and oxygen atoms in total. The van der Waals surface area contributed by atoms with Crippen molar-refractivity contribution in [2.24, 2.45) is 5.16 Å². The first-order valence-electron chi connectivity index (χ1n) is 2.83. The average Bonchev–Trinajstić information content (AvgIpc) is 1.96. The van der Waals surface area contributed by atoms with Crippen LogP contribution in [0.25, 0.3) is 0 Å². The van der Waals surface area contributed by atoms with Crippen LogP contribution in [0.5, 0.6) is 0 Å². The third kappa shape index (κ3) is 2.87. The fourth-order valence-electron chi connectivity index (χ4n) is 0.427. The molecule has 70 valence electrons. The molecule has 0 aromatic carbocycles. The Morgan fingerprint density at radius 3 is 2.08 bits per heavy atom. The predicted molar refractivity (Wildman–Crippen MR) is 41.3 cm³/mol. The number of hydrogen-bond donors (Lipinski definition) is 0. The largest absolute Gasteiger partial charge is 0.464 e. The van der Waals surface area contributed by atoms with Crippen molar-refractivity contribution in [3.8, 4) is 0 Å². The summed E-state index contributed by atoms with van der Waals surface area (Å²) in [7, 11) is -1.50. The van der Waals surface area contributed by atoms with Crippen LogP contribution in [0.2, 0.25) is 0 Å². The minimum Gasteiger partial charge on any atom is -0.464 e. The second-order valence-electron chi connectivity index (χ2n) is 1.84. The van der Waals surface area contributed by atoms with Gasteiger partial charge >= 0.3 is 5.97 Å². The highest BCUT2D eigenvalue weighted by Gasteiger charge is 2.24. The first-order valence-corrected chi connectivity index (χ1v) is 4.72. The van der Waals surface area contributed by atoms with Crippen molar-refractivity contribution < 1.29 is 22.8 Å². The Morgan fingerprint density at radius 2 is 1.83 bits per heavy atom. The van der Waals surface area contributed by atoms with Gasteiger partial charge in [-0.15, -0.1) is 0 Å². The zero-order chi connectivity index (χ0) is 9.78. The summed E-state index contributed by atoms with van der Waals surface area (Å²) < 4.78 is 25.8. The zero-order valence-electron chi connectivity index (χ0n) is 6.90. The molecule has 0 saturated carbocycles. The Kier molecular flexibility index (Phi) is 3.68. The van der Waals surface area contributed by atoms with E-state index in [1.165, 1.54) is 0 Å². The van der Waals surface area contributed by atoms with E-state index in [9.17, 15) is 13.2 Å². The SMILES string of the molecule is CON=C(C(=O)OC)S(C)(=O)=O. The van der Waals surface area contributed by atoms with E-state index in [1.807, 2.05) is 0 Å². The summed E-state index contributed by atoms with van der Waals surface area (Å²) in [6, 6.07) is 0. The van der Waals surface area contributed by atoms with Crippen LogP contribution in [0.4, 0.5) is 0 Å². The van der Waals surface area contributed by atoms with Gasteiger partial charge in [-0.25, -0.2) is 13.2 Å². The van der Waals surface area contributed by atoms with Gasteiger partial charge in [0.2, 0.25) is 9.84 Å². The van der Waals surface area contributed by atoms with Crippen molar-refractivity contribution >= 4 is 20.9 Å². The Bertz CT molecular complexity index is 291. The number of carbonyl (C=O) groups excluding carboxylic acids is 1. The van der Waals surface area contributed by atoms with Crippen molar-refractivity contribution in [3.63, 3.8) is 0 Å². The number of nitrogens with zero attached hydrogens (tertiary/aromatic N) is 1. The fraction of sp³-hybridized carbons (Fsp3) is 0.600. The average molecular weight is 195 g/mol. The molecule has 12 heavy (non-hydrogen) atoms. The number of ether oxygens (including phenoxy) is 1. The molecule has 0 aliphatic rings. The molecule has 0 unspecified atom stereocenters. The Morgan fingerprint density at radius 1 is 1.33 bits per heavy atom. The quantitative estimate of drug-likeness (QED) is 0.236. The van der Waals surface area contributed by atoms with Crippen LogP contribution in [0.3, 0.4) is 0 Å². The molecule has 0 amide bonds. The van der Waals surface area contributed by atoms with Crippen LogP contribution in [-0.4, -0.2) is 39.9 Å². The lowest BCUT2D eigenvalue weighted by atomic mass is 10.7. The molecule has 0 saturated heterocycles. The van der Waals surface area contributed by atoms with Gasteiger partial charge in [0, 0.05) is 6.26 Å². The van der Waals surface area contributed by atoms with E-state index in [2.05, 4.69) is 14.7 Å². The fourth-order valence-corrected chi connectivity index (χ4v) is 1.02. The first-order chi connectivity index (χ1) is 5.43. The van der Waals surface area contributed by atoms with Crippen molar-refractivity contribution in [3.05, 3.63) is 0 Å². The number of carbonyl (C=O) groups is 1. The minimum absolute atomic E-state index is 0.743. The lowest BCUT2D eigenvalue weighted by Gasteiger charge is -1.99. The number of esters is 1. The molecule has 0 aromatic rings. The molecular formula is C5H9NO5S. The topological polar surface area (TPSA) is 82.0 Å². The first kappa shape index (κ1) is 10.9. The molecule has 7 heteroatoms. The number of sulfone groups is 1. The number of methoxy groups -OCH3 is 1. The van der Waals surface area contributed by atoms with Gasteiger partial charge in [0.15, 0.2) is 0 Å². The van der Waals surface area contributed by atoms with Crippen LogP contribution in [0.15, 0.2) is 5.16 Å². The van der Waals surface area contributed by atoms with E-state index in [0.29, 0.717) is 0 Å². The molecule has 0 fully saturated rings. The summed E-state index contributed by atoms with van der Waals surface area (Å²) in [6.07, 6.45) is 0.835. The monoisotopic (exact) mass is 195 g/mol. The molecule has 0 spiro atoms. The third-order valence-electron chi connectivity index (χ3n) is 0.885. The molecule has 0 N–H and O–H groups in total. The van der Waals surface area contributed by atoms with Gasteiger partial charge < -0.3 is 9.57 Å². The number of hydrogen-bond acceptors (Lipinski definition) is 6. The molecular weight excluding hydrogens is 186 g/mol. The van der Waals surface area contributed by atoms with Gasteiger partial charge in [0.05, 0.1) is 7.11 Å². The van der Waals surface area contributed by atoms with Gasteiger partial charge in [-0.2, -0.15) is 0 Å². The molecule has 0 aliphatic carbocycles. The lowest BCUT2D eigenvalue weighted by Crippen LogP contribution is -2.24. The van der Waals surface area contributed by atoms with Crippen molar-refractivity contribution in [1.29, 1.82) is 0 Å². The molecule has 0 aromatic heterocycles. The van der Waals surface area contributed by atoms with Gasteiger partial charge in [-0.3, -0.25) is 0 Å². The van der Waals surface area contributed by atoms with E-state index >= 15 is 0 Å². The number of rotatable bonds is 1. The maximum absolute atomic E-state index is 10.8. The summed E-state index contributed by atoms with van der Waals surface area (Å²) in [4.78, 5) is 14.9. The van der Waals surface area contributed by atoms with Gasteiger partial charge in [-0.1, -0.05) is 5.16 Å². The molecule has 0 rings (SSSR count). The Hall–Kier alpha value is -1.11. The van der Waals surface area contributed by atoms with Crippen molar-refractivity contribution in [1.82, 2.24) is 0 Å². The highest BCUT2D eigenvalue weighted by molar-refractivity contribution is 8.07. The van der Waals surface area contributed by atoms with Crippen LogP contribution in [0.1, 0.15) is 0 Å². The number of oxime groups is 1.